The second-order valence-corrected chi connectivity index (χ2v) is 13.7. The van der Waals surface area contributed by atoms with Gasteiger partial charge >= 0.3 is 5.51 Å². The summed E-state index contributed by atoms with van der Waals surface area (Å²) in [6.07, 6.45) is 0. The van der Waals surface area contributed by atoms with E-state index in [2.05, 4.69) is 121 Å². The average Bonchev–Trinajstić information content (AvgIpc) is 2.74. The van der Waals surface area contributed by atoms with Crippen molar-refractivity contribution in [2.45, 2.75) is 79.9 Å². The summed E-state index contributed by atoms with van der Waals surface area (Å²) in [6, 6.07) is 25.7. The van der Waals surface area contributed by atoms with E-state index in [1.165, 1.54) is 20.2 Å². The highest BCUT2D eigenvalue weighted by atomic mass is 32.2. The van der Waals surface area contributed by atoms with Gasteiger partial charge in [0.05, 0.1) is 10.9 Å². The fourth-order valence-corrected chi connectivity index (χ4v) is 5.37. The molecule has 0 saturated heterocycles. The van der Waals surface area contributed by atoms with E-state index in [4.69, 9.17) is 22.4 Å². The first-order chi connectivity index (χ1) is 17.3. The van der Waals surface area contributed by atoms with Crippen molar-refractivity contribution in [2.75, 3.05) is 0 Å². The lowest BCUT2D eigenvalue weighted by atomic mass is 10.2. The Hall–Kier alpha value is -2.69. The zero-order valence-electron chi connectivity index (χ0n) is 22.4. The van der Waals surface area contributed by atoms with Crippen LogP contribution in [0.5, 0.6) is 11.5 Å². The van der Waals surface area contributed by atoms with Gasteiger partial charge in [-0.3, -0.25) is 0 Å². The van der Waals surface area contributed by atoms with Crippen molar-refractivity contribution >= 4 is 21.0 Å². The van der Waals surface area contributed by atoms with Gasteiger partial charge in [-0.05, 0) is 103 Å². The molecule has 0 fully saturated rings. The van der Waals surface area contributed by atoms with Crippen LogP contribution in [0.25, 0.3) is 0 Å². The van der Waals surface area contributed by atoms with Gasteiger partial charge in [-0.1, -0.05) is 18.2 Å². The Morgan fingerprint density at radius 2 is 1.03 bits per heavy atom. The molecule has 3 aromatic carbocycles. The van der Waals surface area contributed by atoms with Gasteiger partial charge in [0.25, 0.3) is 0 Å². The molecule has 0 saturated carbocycles. The molecule has 0 amide bonds. The van der Waals surface area contributed by atoms with Crippen molar-refractivity contribution < 1.29 is 35.6 Å². The summed E-state index contributed by atoms with van der Waals surface area (Å²) >= 11 is 0. The van der Waals surface area contributed by atoms with Gasteiger partial charge < -0.3 is 14.0 Å². The Kier molecular flexibility index (Phi) is 9.96. The summed E-state index contributed by atoms with van der Waals surface area (Å²) in [5.41, 5.74) is -4.76. The molecule has 3 aromatic rings. The van der Waals surface area contributed by atoms with Gasteiger partial charge in [-0.15, -0.1) is 0 Å². The number of rotatable bonds is 5. The Bertz CT molecular complexity index is 1230. The van der Waals surface area contributed by atoms with Crippen LogP contribution in [0.15, 0.2) is 87.5 Å². The summed E-state index contributed by atoms with van der Waals surface area (Å²) < 4.78 is 70.9. The normalized spacial score (nSPS) is 12.5. The Labute approximate surface area is 226 Å². The molecule has 0 spiro atoms. The molecule has 0 radical (unpaired) electrons. The quantitative estimate of drug-likeness (QED) is 0.180. The predicted molar refractivity (Wildman–Crippen MR) is 143 cm³/mol. The molecular formula is C28H33F3O5S2. The summed E-state index contributed by atoms with van der Waals surface area (Å²) in [5.74, 6) is 1.79. The lowest BCUT2D eigenvalue weighted by molar-refractivity contribution is -0.0517. The Balaban J connectivity index is 0.000000550. The summed E-state index contributed by atoms with van der Waals surface area (Å²) in [5, 5.41) is 0. The van der Waals surface area contributed by atoms with Crippen molar-refractivity contribution in [2.24, 2.45) is 0 Å². The molecule has 0 aliphatic carbocycles. The molecular weight excluding hydrogens is 537 g/mol. The number of halogens is 3. The summed E-state index contributed by atoms with van der Waals surface area (Å²) in [7, 11) is -6.29. The Morgan fingerprint density at radius 1 is 0.684 bits per heavy atom. The van der Waals surface area contributed by atoms with Crippen LogP contribution in [0.2, 0.25) is 0 Å². The minimum atomic E-state index is -6.09. The number of benzene rings is 3. The number of ether oxygens (including phenoxy) is 2. The van der Waals surface area contributed by atoms with E-state index in [1.807, 2.05) is 0 Å². The lowest BCUT2D eigenvalue weighted by Crippen LogP contribution is -2.23. The first kappa shape index (κ1) is 31.5. The molecule has 0 bridgehead atoms. The van der Waals surface area contributed by atoms with Crippen molar-refractivity contribution in [1.29, 1.82) is 0 Å². The van der Waals surface area contributed by atoms with Gasteiger partial charge in [-0.25, -0.2) is 8.42 Å². The number of aryl methyl sites for hydroxylation is 1. The van der Waals surface area contributed by atoms with Crippen molar-refractivity contribution in [1.82, 2.24) is 0 Å². The third-order valence-electron chi connectivity index (χ3n) is 4.56. The van der Waals surface area contributed by atoms with Gasteiger partial charge in [0, 0.05) is 5.56 Å². The topological polar surface area (TPSA) is 75.7 Å². The van der Waals surface area contributed by atoms with Crippen LogP contribution in [0, 0.1) is 6.92 Å². The molecule has 5 nitrogen and oxygen atoms in total. The van der Waals surface area contributed by atoms with Crippen LogP contribution in [0.1, 0.15) is 47.1 Å². The number of hydrogen-bond donors (Lipinski definition) is 0. The molecule has 0 N–H and O–H groups in total. The maximum Gasteiger partial charge on any atom is 0.485 e. The average molecular weight is 571 g/mol. The zero-order chi connectivity index (χ0) is 28.9. The number of hydrogen-bond acceptors (Lipinski definition) is 5. The largest absolute Gasteiger partial charge is 0.741 e. The molecule has 10 heteroatoms. The van der Waals surface area contributed by atoms with Gasteiger partial charge in [-0.2, -0.15) is 13.2 Å². The fourth-order valence-electron chi connectivity index (χ4n) is 3.17. The minimum Gasteiger partial charge on any atom is -0.741 e. The first-order valence-corrected chi connectivity index (χ1v) is 14.3. The summed E-state index contributed by atoms with van der Waals surface area (Å²) in [6.45, 7) is 14.6. The van der Waals surface area contributed by atoms with Crippen LogP contribution in [0.3, 0.4) is 0 Å². The highest BCUT2D eigenvalue weighted by Crippen LogP contribution is 2.35. The van der Waals surface area contributed by atoms with Crippen LogP contribution < -0.4 is 9.47 Å². The van der Waals surface area contributed by atoms with E-state index in [1.54, 1.807) is 0 Å². The maximum absolute atomic E-state index is 10.7. The Morgan fingerprint density at radius 3 is 1.32 bits per heavy atom. The third kappa shape index (κ3) is 9.89. The van der Waals surface area contributed by atoms with E-state index < -0.39 is 15.6 Å². The van der Waals surface area contributed by atoms with Crippen LogP contribution >= 0.6 is 0 Å². The molecule has 0 aliphatic rings. The molecule has 0 aliphatic heterocycles. The van der Waals surface area contributed by atoms with E-state index in [0.717, 1.165) is 11.5 Å². The smallest absolute Gasteiger partial charge is 0.485 e. The molecule has 38 heavy (non-hydrogen) atoms. The fraction of sp³-hybridized carbons (Fsp3) is 0.357. The second kappa shape index (κ2) is 12.0. The minimum absolute atomic E-state index is 0.200. The van der Waals surface area contributed by atoms with Gasteiger partial charge in [0.1, 0.15) is 22.7 Å². The monoisotopic (exact) mass is 570 g/mol. The van der Waals surface area contributed by atoms with E-state index in [0.29, 0.717) is 0 Å². The van der Waals surface area contributed by atoms with E-state index in [9.17, 15) is 13.2 Å². The molecule has 0 atom stereocenters. The van der Waals surface area contributed by atoms with Crippen LogP contribution in [-0.4, -0.2) is 29.7 Å². The lowest BCUT2D eigenvalue weighted by Gasteiger charge is -2.21. The SMILES string of the molecule is Cc1ccccc1[S+](c1ccc(OC(C)(C)C)cc1)c1ccc(OC(C)(C)C)cc1.O=S(=O)([O-])C(F)(F)F. The molecule has 0 aromatic heterocycles. The van der Waals surface area contributed by atoms with Gasteiger partial charge in [0.2, 0.25) is 0 Å². The zero-order valence-corrected chi connectivity index (χ0v) is 24.1. The number of alkyl halides is 3. The second-order valence-electron chi connectivity index (χ2n) is 10.3. The maximum atomic E-state index is 10.7. The molecule has 0 unspecified atom stereocenters. The van der Waals surface area contributed by atoms with Crippen LogP contribution in [-0.2, 0) is 21.0 Å². The van der Waals surface area contributed by atoms with E-state index >= 15 is 0 Å². The van der Waals surface area contributed by atoms with Gasteiger partial charge in [0.15, 0.2) is 24.8 Å². The molecule has 208 valence electrons. The highest BCUT2D eigenvalue weighted by Gasteiger charge is 2.37. The van der Waals surface area contributed by atoms with Crippen LogP contribution in [0.4, 0.5) is 13.2 Å². The summed E-state index contributed by atoms with van der Waals surface area (Å²) in [4.78, 5) is 3.89. The van der Waals surface area contributed by atoms with E-state index in [-0.39, 0.29) is 22.1 Å². The van der Waals surface area contributed by atoms with Crippen molar-refractivity contribution in [3.8, 4) is 11.5 Å². The highest BCUT2D eigenvalue weighted by molar-refractivity contribution is 7.97. The molecule has 0 heterocycles. The van der Waals surface area contributed by atoms with Crippen molar-refractivity contribution in [3.05, 3.63) is 78.4 Å². The third-order valence-corrected chi connectivity index (χ3v) is 7.52. The predicted octanol–water partition coefficient (Wildman–Crippen LogP) is 7.50. The first-order valence-electron chi connectivity index (χ1n) is 11.7. The van der Waals surface area contributed by atoms with Crippen molar-refractivity contribution in [3.63, 3.8) is 0 Å². The molecule has 3 rings (SSSR count). The standard InChI is InChI=1S/C27H33O2S.CHF3O3S/c1-20-10-8-9-11-25(20)30(23-16-12-21(13-17-23)28-26(2,3)4)24-18-14-22(15-19-24)29-27(5,6)7;2-1(3,4)8(5,6)7/h8-19H,1-7H3;(H,5,6,7)/q+1;/p-1.